The molecule has 0 spiro atoms. The largest absolute Gasteiger partial charge is 0.478 e. The van der Waals surface area contributed by atoms with E-state index in [2.05, 4.69) is 12.6 Å². The molecule has 0 radical (unpaired) electrons. The van der Waals surface area contributed by atoms with E-state index < -0.39 is 11.9 Å². The van der Waals surface area contributed by atoms with E-state index in [1.54, 1.807) is 6.07 Å². The maximum absolute atomic E-state index is 10.8. The quantitative estimate of drug-likeness (QED) is 0.664. The van der Waals surface area contributed by atoms with Crippen molar-refractivity contribution in [1.82, 2.24) is 0 Å². The number of hydrogen-bond donors (Lipinski definition) is 3. The molecule has 0 saturated carbocycles. The van der Waals surface area contributed by atoms with Crippen molar-refractivity contribution < 1.29 is 19.8 Å². The Balaban J connectivity index is 3.43. The normalized spacial score (nSPS) is 9.79. The molecule has 1 aromatic rings. The summed E-state index contributed by atoms with van der Waals surface area (Å²) in [5.74, 6) is -2.29. The molecule has 74 valence electrons. The fourth-order valence-electron chi connectivity index (χ4n) is 1.16. The van der Waals surface area contributed by atoms with Crippen molar-refractivity contribution in [3.8, 4) is 0 Å². The van der Waals surface area contributed by atoms with Crippen LogP contribution >= 0.6 is 12.6 Å². The first-order valence-corrected chi connectivity index (χ1v) is 4.40. The maximum atomic E-state index is 10.8. The maximum Gasteiger partial charge on any atom is 0.336 e. The van der Waals surface area contributed by atoms with E-state index in [1.807, 2.05) is 0 Å². The van der Waals surface area contributed by atoms with Crippen molar-refractivity contribution in [3.63, 3.8) is 0 Å². The third kappa shape index (κ3) is 1.88. The lowest BCUT2D eigenvalue weighted by Gasteiger charge is -2.05. The van der Waals surface area contributed by atoms with E-state index in [4.69, 9.17) is 10.2 Å². The molecule has 0 amide bonds. The molecular formula is C9H8O4S. The van der Waals surface area contributed by atoms with Crippen molar-refractivity contribution in [1.29, 1.82) is 0 Å². The minimum absolute atomic E-state index is 0.185. The van der Waals surface area contributed by atoms with Crippen molar-refractivity contribution in [2.24, 2.45) is 0 Å². The Morgan fingerprint density at radius 2 is 1.86 bits per heavy atom. The molecule has 0 aliphatic heterocycles. The van der Waals surface area contributed by atoms with Gasteiger partial charge in [0.15, 0.2) is 0 Å². The fraction of sp³-hybridized carbons (Fsp3) is 0.111. The molecular weight excluding hydrogens is 204 g/mol. The summed E-state index contributed by atoms with van der Waals surface area (Å²) in [6.45, 7) is 0. The molecule has 1 rings (SSSR count). The molecule has 0 fully saturated rings. The fourth-order valence-corrected chi connectivity index (χ4v) is 1.43. The average molecular weight is 212 g/mol. The molecule has 0 saturated heterocycles. The summed E-state index contributed by atoms with van der Waals surface area (Å²) in [4.78, 5) is 21.5. The zero-order valence-corrected chi connectivity index (χ0v) is 7.99. The van der Waals surface area contributed by atoms with Crippen LogP contribution in [0.1, 0.15) is 26.3 Å². The van der Waals surface area contributed by atoms with Crippen LogP contribution in [0.25, 0.3) is 0 Å². The van der Waals surface area contributed by atoms with Crippen LogP contribution in [-0.2, 0) is 5.75 Å². The predicted molar refractivity (Wildman–Crippen MR) is 53.1 cm³/mol. The van der Waals surface area contributed by atoms with Gasteiger partial charge < -0.3 is 10.2 Å². The number of carboxylic acids is 2. The van der Waals surface area contributed by atoms with Gasteiger partial charge in [-0.25, -0.2) is 9.59 Å². The van der Waals surface area contributed by atoms with Crippen LogP contribution in [-0.4, -0.2) is 22.2 Å². The number of thiol groups is 1. The molecule has 1 aromatic carbocycles. The Morgan fingerprint density at radius 3 is 2.29 bits per heavy atom. The predicted octanol–water partition coefficient (Wildman–Crippen LogP) is 1.51. The highest BCUT2D eigenvalue weighted by molar-refractivity contribution is 7.79. The second kappa shape index (κ2) is 4.15. The third-order valence-electron chi connectivity index (χ3n) is 1.77. The van der Waals surface area contributed by atoms with Crippen LogP contribution in [0.3, 0.4) is 0 Å². The van der Waals surface area contributed by atoms with Crippen LogP contribution < -0.4 is 0 Å². The first-order valence-electron chi connectivity index (χ1n) is 3.77. The minimum Gasteiger partial charge on any atom is -0.478 e. The molecule has 5 heteroatoms. The third-order valence-corrected chi connectivity index (χ3v) is 2.11. The summed E-state index contributed by atoms with van der Waals surface area (Å²) >= 11 is 3.93. The number of hydrogen-bond acceptors (Lipinski definition) is 3. The van der Waals surface area contributed by atoms with E-state index >= 15 is 0 Å². The van der Waals surface area contributed by atoms with Gasteiger partial charge in [-0.1, -0.05) is 12.1 Å². The van der Waals surface area contributed by atoms with Crippen LogP contribution in [0.2, 0.25) is 0 Å². The molecule has 2 N–H and O–H groups in total. The molecule has 0 aromatic heterocycles. The van der Waals surface area contributed by atoms with Gasteiger partial charge in [0.2, 0.25) is 0 Å². The van der Waals surface area contributed by atoms with Crippen LogP contribution in [0.4, 0.5) is 0 Å². The monoisotopic (exact) mass is 212 g/mol. The topological polar surface area (TPSA) is 74.6 Å². The van der Waals surface area contributed by atoms with Crippen molar-refractivity contribution in [3.05, 3.63) is 34.9 Å². The molecule has 14 heavy (non-hydrogen) atoms. The molecule has 4 nitrogen and oxygen atoms in total. The summed E-state index contributed by atoms with van der Waals surface area (Å²) in [7, 11) is 0. The van der Waals surface area contributed by atoms with Gasteiger partial charge in [-0.3, -0.25) is 0 Å². The Bertz CT molecular complexity index is 386. The summed E-state index contributed by atoms with van der Waals surface area (Å²) < 4.78 is 0. The summed E-state index contributed by atoms with van der Waals surface area (Å²) in [5, 5.41) is 17.6. The van der Waals surface area contributed by atoms with E-state index in [0.29, 0.717) is 5.56 Å². The highest BCUT2D eigenvalue weighted by Gasteiger charge is 2.18. The van der Waals surface area contributed by atoms with Gasteiger partial charge in [0, 0.05) is 5.75 Å². The van der Waals surface area contributed by atoms with Crippen LogP contribution in [0.15, 0.2) is 18.2 Å². The van der Waals surface area contributed by atoms with Gasteiger partial charge in [0.1, 0.15) is 0 Å². The summed E-state index contributed by atoms with van der Waals surface area (Å²) in [6.07, 6.45) is 0. The average Bonchev–Trinajstić information content (AvgIpc) is 2.16. The molecule has 0 heterocycles. The van der Waals surface area contributed by atoms with E-state index in [9.17, 15) is 9.59 Å². The number of rotatable bonds is 3. The zero-order chi connectivity index (χ0) is 10.7. The lowest BCUT2D eigenvalue weighted by atomic mass is 10.0. The van der Waals surface area contributed by atoms with Gasteiger partial charge in [0.05, 0.1) is 11.1 Å². The highest BCUT2D eigenvalue weighted by Crippen LogP contribution is 2.16. The number of carboxylic acid groups (broad SMARTS) is 2. The Labute approximate surface area is 85.6 Å². The van der Waals surface area contributed by atoms with Gasteiger partial charge in [-0.2, -0.15) is 12.6 Å². The molecule has 0 atom stereocenters. The van der Waals surface area contributed by atoms with Crippen LogP contribution in [0.5, 0.6) is 0 Å². The second-order valence-corrected chi connectivity index (χ2v) is 2.92. The van der Waals surface area contributed by atoms with Crippen molar-refractivity contribution in [2.45, 2.75) is 5.75 Å². The summed E-state index contributed by atoms with van der Waals surface area (Å²) in [6, 6.07) is 4.31. The first kappa shape index (κ1) is 10.6. The van der Waals surface area contributed by atoms with Crippen molar-refractivity contribution in [2.75, 3.05) is 0 Å². The van der Waals surface area contributed by atoms with Crippen LogP contribution in [0, 0.1) is 0 Å². The second-order valence-electron chi connectivity index (χ2n) is 2.61. The van der Waals surface area contributed by atoms with Gasteiger partial charge in [-0.05, 0) is 11.6 Å². The Hall–Kier alpha value is -1.49. The highest BCUT2D eigenvalue weighted by atomic mass is 32.1. The first-order chi connectivity index (χ1) is 6.57. The zero-order valence-electron chi connectivity index (χ0n) is 7.10. The molecule has 0 aliphatic carbocycles. The van der Waals surface area contributed by atoms with Crippen molar-refractivity contribution >= 4 is 24.6 Å². The molecule has 0 aliphatic rings. The van der Waals surface area contributed by atoms with E-state index in [0.717, 1.165) is 0 Å². The number of carbonyl (C=O) groups is 2. The van der Waals surface area contributed by atoms with Gasteiger partial charge in [0.25, 0.3) is 0 Å². The molecule has 0 unspecified atom stereocenters. The Kier molecular flexibility index (Phi) is 3.14. The minimum atomic E-state index is -1.24. The molecule has 0 bridgehead atoms. The van der Waals surface area contributed by atoms with Gasteiger partial charge in [-0.15, -0.1) is 0 Å². The smallest absolute Gasteiger partial charge is 0.336 e. The van der Waals surface area contributed by atoms with Gasteiger partial charge >= 0.3 is 11.9 Å². The number of aromatic carboxylic acids is 2. The lowest BCUT2D eigenvalue weighted by Crippen LogP contribution is -2.10. The standard InChI is InChI=1S/C9H8O4S/c10-8(11)6-3-1-2-5(4-14)7(6)9(12)13/h1-3,14H,4H2,(H,10,11)(H,12,13). The number of benzene rings is 1. The lowest BCUT2D eigenvalue weighted by molar-refractivity contribution is 0.0650. The summed E-state index contributed by atoms with van der Waals surface area (Å²) in [5.41, 5.74) is 0.0137. The SMILES string of the molecule is O=C(O)c1cccc(CS)c1C(=O)O. The van der Waals surface area contributed by atoms with E-state index in [-0.39, 0.29) is 16.9 Å². The van der Waals surface area contributed by atoms with E-state index in [1.165, 1.54) is 12.1 Å². The Morgan fingerprint density at radius 1 is 1.21 bits per heavy atom.